The van der Waals surface area contributed by atoms with Crippen LogP contribution >= 0.6 is 0 Å². The minimum Gasteiger partial charge on any atom is -0.387 e. The van der Waals surface area contributed by atoms with Crippen molar-refractivity contribution < 1.29 is 9.90 Å². The molecule has 0 bridgehead atoms. The van der Waals surface area contributed by atoms with Crippen LogP contribution in [0.25, 0.3) is 10.9 Å². The van der Waals surface area contributed by atoms with Crippen molar-refractivity contribution in [3.63, 3.8) is 0 Å². The summed E-state index contributed by atoms with van der Waals surface area (Å²) in [5.41, 5.74) is 1.22. The van der Waals surface area contributed by atoms with Crippen molar-refractivity contribution in [3.8, 4) is 0 Å². The van der Waals surface area contributed by atoms with Crippen molar-refractivity contribution in [2.75, 3.05) is 6.54 Å². The molecule has 2 N–H and O–H groups in total. The number of aromatic nitrogens is 2. The summed E-state index contributed by atoms with van der Waals surface area (Å²) in [7, 11) is 0. The quantitative estimate of drug-likeness (QED) is 0.716. The molecule has 3 rings (SSSR count). The highest BCUT2D eigenvalue weighted by molar-refractivity contribution is 5.77. The summed E-state index contributed by atoms with van der Waals surface area (Å²) in [4.78, 5) is 28.5. The van der Waals surface area contributed by atoms with E-state index in [9.17, 15) is 14.7 Å². The molecule has 6 nitrogen and oxygen atoms in total. The van der Waals surface area contributed by atoms with Crippen LogP contribution in [-0.2, 0) is 11.3 Å². The summed E-state index contributed by atoms with van der Waals surface area (Å²) in [6, 6.07) is 16.2. The number of fused-ring (bicyclic) bond motifs is 1. The molecule has 25 heavy (non-hydrogen) atoms. The summed E-state index contributed by atoms with van der Waals surface area (Å²) in [6.07, 6.45) is 0.841. The van der Waals surface area contributed by atoms with Crippen molar-refractivity contribution >= 4 is 16.8 Å². The van der Waals surface area contributed by atoms with E-state index in [0.29, 0.717) is 10.9 Å². The van der Waals surface area contributed by atoms with E-state index >= 15 is 0 Å². The first-order chi connectivity index (χ1) is 12.1. The molecule has 2 aromatic carbocycles. The van der Waals surface area contributed by atoms with Gasteiger partial charge >= 0.3 is 0 Å². The molecule has 0 aliphatic carbocycles. The molecule has 0 spiro atoms. The van der Waals surface area contributed by atoms with E-state index in [4.69, 9.17) is 0 Å². The van der Waals surface area contributed by atoms with Crippen molar-refractivity contribution in [1.82, 2.24) is 14.9 Å². The molecule has 0 radical (unpaired) electrons. The average molecular weight is 337 g/mol. The molecule has 3 aromatic rings. The van der Waals surface area contributed by atoms with E-state index < -0.39 is 6.10 Å². The summed E-state index contributed by atoms with van der Waals surface area (Å²) in [5.74, 6) is -0.227. The maximum atomic E-state index is 12.3. The van der Waals surface area contributed by atoms with Gasteiger partial charge in [-0.1, -0.05) is 42.5 Å². The fraction of sp³-hybridized carbons (Fsp3) is 0.211. The van der Waals surface area contributed by atoms with Gasteiger partial charge in [-0.15, -0.1) is 0 Å². The first kappa shape index (κ1) is 16.9. The average Bonchev–Trinajstić information content (AvgIpc) is 2.66. The molecule has 6 heteroatoms. The van der Waals surface area contributed by atoms with Crippen LogP contribution in [0, 0.1) is 0 Å². The molecule has 1 amide bonds. The number of hydrogen-bond donors (Lipinski definition) is 2. The van der Waals surface area contributed by atoms with E-state index in [1.807, 2.05) is 24.3 Å². The number of carbonyl (C=O) groups excluding carboxylic acids is 1. The van der Waals surface area contributed by atoms with E-state index in [2.05, 4.69) is 10.3 Å². The van der Waals surface area contributed by atoms with Crippen LogP contribution in [0.1, 0.15) is 18.1 Å². The Bertz CT molecular complexity index is 922. The molecule has 128 valence electrons. The maximum Gasteiger partial charge on any atom is 0.261 e. The zero-order valence-electron chi connectivity index (χ0n) is 13.6. The SMILES string of the molecule is O=C(CCn1cnc2ccccc2c1=O)NC[C@H](O)c1ccccc1. The maximum absolute atomic E-state index is 12.3. The molecule has 0 unspecified atom stereocenters. The highest BCUT2D eigenvalue weighted by Gasteiger charge is 2.10. The number of benzene rings is 2. The zero-order valence-corrected chi connectivity index (χ0v) is 13.6. The molecule has 1 heterocycles. The fourth-order valence-electron chi connectivity index (χ4n) is 2.58. The molecule has 0 saturated carbocycles. The van der Waals surface area contributed by atoms with Crippen molar-refractivity contribution in [2.24, 2.45) is 0 Å². The Kier molecular flexibility index (Phi) is 5.20. The Morgan fingerprint density at radius 1 is 1.12 bits per heavy atom. The lowest BCUT2D eigenvalue weighted by Crippen LogP contribution is -2.30. The van der Waals surface area contributed by atoms with Crippen LogP contribution in [0.3, 0.4) is 0 Å². The van der Waals surface area contributed by atoms with Gasteiger partial charge in [0.05, 0.1) is 23.3 Å². The van der Waals surface area contributed by atoms with Gasteiger partial charge in [0.15, 0.2) is 0 Å². The number of nitrogens with one attached hydrogen (secondary N) is 1. The standard InChI is InChI=1S/C19H19N3O3/c23-17(14-6-2-1-3-7-14)12-20-18(24)10-11-22-13-21-16-9-5-4-8-15(16)19(22)25/h1-9,13,17,23H,10-12H2,(H,20,24)/t17-/m0/s1. The molecule has 0 aliphatic heterocycles. The van der Waals surface area contributed by atoms with Gasteiger partial charge in [-0.25, -0.2) is 4.98 Å². The Hall–Kier alpha value is -2.99. The number of nitrogens with zero attached hydrogens (tertiary/aromatic N) is 2. The van der Waals surface area contributed by atoms with Crippen LogP contribution < -0.4 is 10.9 Å². The number of rotatable bonds is 6. The summed E-state index contributed by atoms with van der Waals surface area (Å²) < 4.78 is 1.43. The van der Waals surface area contributed by atoms with Gasteiger partial charge in [-0.2, -0.15) is 0 Å². The first-order valence-corrected chi connectivity index (χ1v) is 8.09. The van der Waals surface area contributed by atoms with Gasteiger partial charge in [0, 0.05) is 19.5 Å². The Morgan fingerprint density at radius 2 is 1.84 bits per heavy atom. The van der Waals surface area contributed by atoms with Crippen LogP contribution in [0.4, 0.5) is 0 Å². The van der Waals surface area contributed by atoms with Crippen molar-refractivity contribution in [1.29, 1.82) is 0 Å². The monoisotopic (exact) mass is 337 g/mol. The smallest absolute Gasteiger partial charge is 0.261 e. The Labute approximate surface area is 144 Å². The van der Waals surface area contributed by atoms with Crippen LogP contribution in [-0.4, -0.2) is 27.1 Å². The number of para-hydroxylation sites is 1. The fourth-order valence-corrected chi connectivity index (χ4v) is 2.58. The number of aliphatic hydroxyl groups excluding tert-OH is 1. The van der Waals surface area contributed by atoms with Crippen LogP contribution in [0.2, 0.25) is 0 Å². The third-order valence-electron chi connectivity index (χ3n) is 3.99. The number of aliphatic hydroxyl groups is 1. The highest BCUT2D eigenvalue weighted by atomic mass is 16.3. The van der Waals surface area contributed by atoms with Crippen LogP contribution in [0.5, 0.6) is 0 Å². The lowest BCUT2D eigenvalue weighted by molar-refractivity contribution is -0.121. The van der Waals surface area contributed by atoms with Gasteiger partial charge in [-0.05, 0) is 17.7 Å². The third-order valence-corrected chi connectivity index (χ3v) is 3.99. The van der Waals surface area contributed by atoms with Gasteiger partial charge in [0.25, 0.3) is 5.56 Å². The summed E-state index contributed by atoms with van der Waals surface area (Å²) in [6.45, 7) is 0.373. The number of amides is 1. The third kappa shape index (κ3) is 4.10. The lowest BCUT2D eigenvalue weighted by Gasteiger charge is -2.12. The molecular formula is C19H19N3O3. The van der Waals surface area contributed by atoms with E-state index in [1.165, 1.54) is 10.9 Å². The van der Waals surface area contributed by atoms with Crippen molar-refractivity contribution in [3.05, 3.63) is 76.8 Å². The second kappa shape index (κ2) is 7.72. The minimum atomic E-state index is -0.754. The van der Waals surface area contributed by atoms with Gasteiger partial charge < -0.3 is 10.4 Å². The van der Waals surface area contributed by atoms with E-state index in [-0.39, 0.29) is 31.0 Å². The molecule has 0 saturated heterocycles. The molecule has 1 aromatic heterocycles. The van der Waals surface area contributed by atoms with Crippen LogP contribution in [0.15, 0.2) is 65.7 Å². The summed E-state index contributed by atoms with van der Waals surface area (Å²) in [5, 5.41) is 13.3. The topological polar surface area (TPSA) is 84.2 Å². The second-order valence-electron chi connectivity index (χ2n) is 5.74. The minimum absolute atomic E-state index is 0.133. The first-order valence-electron chi connectivity index (χ1n) is 8.09. The predicted molar refractivity (Wildman–Crippen MR) is 95.0 cm³/mol. The largest absolute Gasteiger partial charge is 0.387 e. The van der Waals surface area contributed by atoms with Crippen molar-refractivity contribution in [2.45, 2.75) is 19.1 Å². The number of carbonyl (C=O) groups is 1. The zero-order chi connectivity index (χ0) is 17.6. The molecule has 1 atom stereocenters. The predicted octanol–water partition coefficient (Wildman–Crippen LogP) is 1.64. The summed E-state index contributed by atoms with van der Waals surface area (Å²) >= 11 is 0. The van der Waals surface area contributed by atoms with Gasteiger partial charge in [0.1, 0.15) is 0 Å². The Morgan fingerprint density at radius 3 is 2.64 bits per heavy atom. The normalized spacial score (nSPS) is 12.0. The van der Waals surface area contributed by atoms with E-state index in [0.717, 1.165) is 5.56 Å². The number of aryl methyl sites for hydroxylation is 1. The highest BCUT2D eigenvalue weighted by Crippen LogP contribution is 2.10. The second-order valence-corrected chi connectivity index (χ2v) is 5.74. The molecule has 0 fully saturated rings. The number of hydrogen-bond acceptors (Lipinski definition) is 4. The van der Waals surface area contributed by atoms with Gasteiger partial charge in [-0.3, -0.25) is 14.2 Å². The lowest BCUT2D eigenvalue weighted by atomic mass is 10.1. The Balaban J connectivity index is 1.56. The van der Waals surface area contributed by atoms with Gasteiger partial charge in [0.2, 0.25) is 5.91 Å². The van der Waals surface area contributed by atoms with E-state index in [1.54, 1.807) is 30.3 Å². The molecule has 0 aliphatic rings. The molecular weight excluding hydrogens is 318 g/mol.